The van der Waals surface area contributed by atoms with E-state index in [9.17, 15) is 27.1 Å². The number of aliphatic hydroxyl groups is 1. The number of alkyl halides is 5. The summed E-state index contributed by atoms with van der Waals surface area (Å²) in [6.07, 6.45) is -5.89. The van der Waals surface area contributed by atoms with E-state index >= 15 is 0 Å². The Morgan fingerprint density at radius 2 is 1.67 bits per heavy atom. The Balaban J connectivity index is 2.73. The number of hydrogen-bond donors (Lipinski definition) is 1. The van der Waals surface area contributed by atoms with Crippen LogP contribution in [0, 0.1) is 0 Å². The summed E-state index contributed by atoms with van der Waals surface area (Å²) in [4.78, 5) is -0.483. The zero-order chi connectivity index (χ0) is 15.9. The van der Waals surface area contributed by atoms with Gasteiger partial charge in [-0.1, -0.05) is 34.1 Å². The summed E-state index contributed by atoms with van der Waals surface area (Å²) in [5.74, 6) is -5.34. The summed E-state index contributed by atoms with van der Waals surface area (Å²) in [6, 6.07) is 7.17. The molecule has 1 N–H and O–H groups in total. The van der Waals surface area contributed by atoms with Crippen LogP contribution >= 0.6 is 27.3 Å². The van der Waals surface area contributed by atoms with Crippen molar-refractivity contribution < 1.29 is 27.1 Å². The van der Waals surface area contributed by atoms with Crippen molar-refractivity contribution >= 4 is 27.3 Å². The number of thiophene rings is 1. The highest BCUT2D eigenvalue weighted by molar-refractivity contribution is 9.10. The number of rotatable bonds is 3. The van der Waals surface area contributed by atoms with Crippen LogP contribution in [0.1, 0.15) is 10.4 Å². The van der Waals surface area contributed by atoms with E-state index in [0.29, 0.717) is 11.3 Å². The van der Waals surface area contributed by atoms with Crippen LogP contribution in [-0.4, -0.2) is 17.2 Å². The molecule has 1 unspecified atom stereocenters. The van der Waals surface area contributed by atoms with E-state index in [1.54, 1.807) is 0 Å². The van der Waals surface area contributed by atoms with Gasteiger partial charge in [0.2, 0.25) is 0 Å². The molecule has 1 heterocycles. The van der Waals surface area contributed by atoms with Gasteiger partial charge in [0.05, 0.1) is 0 Å². The first-order chi connectivity index (χ1) is 9.60. The molecule has 0 fully saturated rings. The van der Waals surface area contributed by atoms with Crippen LogP contribution in [0.4, 0.5) is 22.0 Å². The van der Waals surface area contributed by atoms with Gasteiger partial charge in [0.15, 0.2) is 5.60 Å². The number of halogens is 6. The first-order valence-electron chi connectivity index (χ1n) is 5.57. The van der Waals surface area contributed by atoms with E-state index in [2.05, 4.69) is 15.9 Å². The average Bonchev–Trinajstić information content (AvgIpc) is 2.90. The van der Waals surface area contributed by atoms with Crippen molar-refractivity contribution in [2.24, 2.45) is 0 Å². The zero-order valence-corrected chi connectivity index (χ0v) is 12.6. The van der Waals surface area contributed by atoms with E-state index in [1.807, 2.05) is 0 Å². The molecule has 2 aromatic rings. The molecule has 0 aliphatic carbocycles. The summed E-state index contributed by atoms with van der Waals surface area (Å²) in [5, 5.41) is 11.7. The Kier molecular flexibility index (Phi) is 4.16. The molecule has 0 aliphatic heterocycles. The van der Waals surface area contributed by atoms with E-state index < -0.39 is 28.1 Å². The fourth-order valence-corrected chi connectivity index (χ4v) is 3.16. The third kappa shape index (κ3) is 2.60. The lowest BCUT2D eigenvalue weighted by Gasteiger charge is -2.36. The predicted octanol–water partition coefficient (Wildman–Crippen LogP) is 4.94. The van der Waals surface area contributed by atoms with Crippen LogP contribution < -0.4 is 0 Å². The molecule has 0 radical (unpaired) electrons. The quantitative estimate of drug-likeness (QED) is 0.740. The molecule has 0 saturated carbocycles. The topological polar surface area (TPSA) is 20.2 Å². The smallest absolute Gasteiger partial charge is 0.374 e. The molecule has 0 aliphatic rings. The average molecular weight is 387 g/mol. The molecule has 0 spiro atoms. The fraction of sp³-hybridized carbons (Fsp3) is 0.231. The zero-order valence-electron chi connectivity index (χ0n) is 10.2. The third-order valence-electron chi connectivity index (χ3n) is 2.93. The molecular weight excluding hydrogens is 379 g/mol. The molecule has 1 aromatic carbocycles. The predicted molar refractivity (Wildman–Crippen MR) is 72.5 cm³/mol. The van der Waals surface area contributed by atoms with Gasteiger partial charge >= 0.3 is 12.1 Å². The molecular formula is C13H8BrF5OS. The Bertz CT molecular complexity index is 626. The molecule has 0 amide bonds. The SMILES string of the molecule is OC(c1cccc(Br)c1)(c1cccs1)C(F)(F)C(F)(F)F. The maximum Gasteiger partial charge on any atom is 0.457 e. The molecule has 21 heavy (non-hydrogen) atoms. The summed E-state index contributed by atoms with van der Waals surface area (Å²) in [6.45, 7) is 0. The lowest BCUT2D eigenvalue weighted by Crippen LogP contribution is -2.55. The van der Waals surface area contributed by atoms with Crippen molar-refractivity contribution in [3.63, 3.8) is 0 Å². The highest BCUT2D eigenvalue weighted by atomic mass is 79.9. The van der Waals surface area contributed by atoms with E-state index in [0.717, 1.165) is 18.2 Å². The van der Waals surface area contributed by atoms with Crippen LogP contribution in [0.2, 0.25) is 0 Å². The first kappa shape index (κ1) is 16.4. The van der Waals surface area contributed by atoms with Crippen molar-refractivity contribution in [1.29, 1.82) is 0 Å². The Morgan fingerprint density at radius 1 is 1.00 bits per heavy atom. The van der Waals surface area contributed by atoms with Crippen LogP contribution in [-0.2, 0) is 5.60 Å². The van der Waals surface area contributed by atoms with Crippen molar-refractivity contribution in [3.05, 3.63) is 56.7 Å². The molecule has 1 aromatic heterocycles. The maximum atomic E-state index is 14.0. The second kappa shape index (κ2) is 5.33. The van der Waals surface area contributed by atoms with Crippen LogP contribution in [0.5, 0.6) is 0 Å². The van der Waals surface area contributed by atoms with Gasteiger partial charge in [-0.3, -0.25) is 0 Å². The second-order valence-corrected chi connectivity index (χ2v) is 6.13. The summed E-state index contributed by atoms with van der Waals surface area (Å²) >= 11 is 3.63. The standard InChI is InChI=1S/C13H8BrF5OS/c14-9-4-1-3-8(7-9)11(20,10-5-2-6-21-10)12(15,16)13(17,18)19/h1-7,20H. The third-order valence-corrected chi connectivity index (χ3v) is 4.40. The lowest BCUT2D eigenvalue weighted by molar-refractivity contribution is -0.335. The van der Waals surface area contributed by atoms with Crippen LogP contribution in [0.25, 0.3) is 0 Å². The maximum absolute atomic E-state index is 14.0. The van der Waals surface area contributed by atoms with Crippen molar-refractivity contribution in [3.8, 4) is 0 Å². The molecule has 8 heteroatoms. The first-order valence-corrected chi connectivity index (χ1v) is 7.25. The van der Waals surface area contributed by atoms with Gasteiger partial charge in [-0.15, -0.1) is 11.3 Å². The van der Waals surface area contributed by atoms with E-state index in [1.165, 1.54) is 23.6 Å². The lowest BCUT2D eigenvalue weighted by atomic mass is 9.85. The van der Waals surface area contributed by atoms with Crippen LogP contribution in [0.15, 0.2) is 46.3 Å². The Hall–Kier alpha value is -0.990. The Morgan fingerprint density at radius 3 is 2.14 bits per heavy atom. The van der Waals surface area contributed by atoms with Crippen molar-refractivity contribution in [2.75, 3.05) is 0 Å². The van der Waals surface area contributed by atoms with Crippen molar-refractivity contribution in [1.82, 2.24) is 0 Å². The number of hydrogen-bond acceptors (Lipinski definition) is 2. The molecule has 0 saturated heterocycles. The minimum atomic E-state index is -5.89. The van der Waals surface area contributed by atoms with Gasteiger partial charge in [-0.25, -0.2) is 0 Å². The number of benzene rings is 1. The molecule has 0 bridgehead atoms. The van der Waals surface area contributed by atoms with E-state index in [-0.39, 0.29) is 4.47 Å². The van der Waals surface area contributed by atoms with Crippen molar-refractivity contribution in [2.45, 2.75) is 17.7 Å². The second-order valence-electron chi connectivity index (χ2n) is 4.27. The minimum absolute atomic E-state index is 0.285. The van der Waals surface area contributed by atoms with Gasteiger partial charge in [0.25, 0.3) is 0 Å². The summed E-state index contributed by atoms with van der Waals surface area (Å²) < 4.78 is 66.6. The molecule has 1 atom stereocenters. The molecule has 114 valence electrons. The van der Waals surface area contributed by atoms with Gasteiger partial charge in [-0.05, 0) is 29.1 Å². The van der Waals surface area contributed by atoms with Gasteiger partial charge in [0, 0.05) is 9.35 Å². The monoisotopic (exact) mass is 386 g/mol. The van der Waals surface area contributed by atoms with E-state index in [4.69, 9.17) is 0 Å². The highest BCUT2D eigenvalue weighted by Gasteiger charge is 2.71. The minimum Gasteiger partial charge on any atom is -0.374 e. The summed E-state index contributed by atoms with van der Waals surface area (Å²) in [7, 11) is 0. The van der Waals surface area contributed by atoms with Gasteiger partial charge in [-0.2, -0.15) is 22.0 Å². The normalized spacial score (nSPS) is 15.8. The summed E-state index contributed by atoms with van der Waals surface area (Å²) in [5.41, 5.74) is -4.02. The van der Waals surface area contributed by atoms with Gasteiger partial charge < -0.3 is 5.11 Å². The largest absolute Gasteiger partial charge is 0.457 e. The van der Waals surface area contributed by atoms with Gasteiger partial charge in [0.1, 0.15) is 0 Å². The fourth-order valence-electron chi connectivity index (χ4n) is 1.88. The Labute approximate surface area is 129 Å². The van der Waals surface area contributed by atoms with Crippen LogP contribution in [0.3, 0.4) is 0 Å². The molecule has 1 nitrogen and oxygen atoms in total. The molecule has 2 rings (SSSR count). The highest BCUT2D eigenvalue weighted by Crippen LogP contribution is 2.52.